The summed E-state index contributed by atoms with van der Waals surface area (Å²) >= 11 is 0. The van der Waals surface area contributed by atoms with E-state index in [1.807, 2.05) is 27.8 Å². The Balaban J connectivity index is 1.54. The molecular formula is C17H19N5O2. The Kier molecular flexibility index (Phi) is 3.76. The minimum atomic E-state index is 0.0252. The fraction of sp³-hybridized carbons (Fsp3) is 0.412. The highest BCUT2D eigenvalue weighted by Crippen LogP contribution is 2.24. The lowest BCUT2D eigenvalue weighted by Gasteiger charge is -2.32. The van der Waals surface area contributed by atoms with E-state index in [1.54, 1.807) is 19.6 Å². The molecule has 1 fully saturated rings. The van der Waals surface area contributed by atoms with Crippen LogP contribution in [0.3, 0.4) is 0 Å². The third-order valence-electron chi connectivity index (χ3n) is 4.47. The van der Waals surface area contributed by atoms with Crippen LogP contribution in [0, 0.1) is 12.8 Å². The number of likely N-dealkylation sites (tertiary alicyclic amines) is 1. The van der Waals surface area contributed by atoms with Gasteiger partial charge in [-0.25, -0.2) is 9.97 Å². The molecule has 0 aliphatic carbocycles. The molecule has 2 aromatic heterocycles. The number of amides is 1. The van der Waals surface area contributed by atoms with Crippen LogP contribution in [0.4, 0.5) is 0 Å². The first kappa shape index (κ1) is 14.9. The molecule has 1 atom stereocenters. The van der Waals surface area contributed by atoms with Gasteiger partial charge in [0.1, 0.15) is 18.2 Å². The first-order valence-electron chi connectivity index (χ1n) is 8.18. The number of nitrogens with zero attached hydrogens (tertiary/aromatic N) is 5. The maximum atomic E-state index is 13.0. The van der Waals surface area contributed by atoms with Crippen LogP contribution in [0.1, 0.15) is 29.1 Å². The number of oxazole rings is 1. The van der Waals surface area contributed by atoms with Crippen LogP contribution >= 0.6 is 0 Å². The van der Waals surface area contributed by atoms with Gasteiger partial charge in [-0.05, 0) is 30.9 Å². The highest BCUT2D eigenvalue weighted by Gasteiger charge is 2.26. The zero-order valence-electron chi connectivity index (χ0n) is 13.6. The summed E-state index contributed by atoms with van der Waals surface area (Å²) in [5.41, 5.74) is 1.93. The first-order valence-corrected chi connectivity index (χ1v) is 8.18. The van der Waals surface area contributed by atoms with Crippen molar-refractivity contribution in [1.82, 2.24) is 24.6 Å². The normalized spacial score (nSPS) is 18.2. The molecule has 1 aromatic carbocycles. The summed E-state index contributed by atoms with van der Waals surface area (Å²) in [6.07, 6.45) is 5.36. The molecule has 3 aromatic rings. The number of para-hydroxylation sites is 1. The predicted octanol–water partition coefficient (Wildman–Crippen LogP) is 2.28. The van der Waals surface area contributed by atoms with E-state index in [-0.39, 0.29) is 5.91 Å². The number of rotatable bonds is 3. The maximum absolute atomic E-state index is 13.0. The number of hydrogen-bond donors (Lipinski definition) is 0. The third-order valence-corrected chi connectivity index (χ3v) is 4.47. The second-order valence-corrected chi connectivity index (χ2v) is 6.26. The Morgan fingerprint density at radius 3 is 3.17 bits per heavy atom. The van der Waals surface area contributed by atoms with E-state index in [0.717, 1.165) is 32.5 Å². The van der Waals surface area contributed by atoms with Gasteiger partial charge < -0.3 is 9.32 Å². The van der Waals surface area contributed by atoms with Gasteiger partial charge in [0.25, 0.3) is 5.91 Å². The molecule has 1 amide bonds. The number of carbonyl (C=O) groups is 1. The number of aryl methyl sites for hydroxylation is 1. The molecule has 0 radical (unpaired) electrons. The third kappa shape index (κ3) is 2.77. The standard InChI is InChI=1S/C17H19N5O2/c1-12-20-16-14(5-2-6-15(16)24-12)17(23)21-7-3-4-13(8-21)9-22-11-18-10-19-22/h2,5-6,10-11,13H,3-4,7-9H2,1H3/t13-/m1/s1. The van der Waals surface area contributed by atoms with E-state index >= 15 is 0 Å². The van der Waals surface area contributed by atoms with Gasteiger partial charge in [0, 0.05) is 26.6 Å². The number of fused-ring (bicyclic) bond motifs is 1. The number of piperidine rings is 1. The number of benzene rings is 1. The molecule has 1 saturated heterocycles. The van der Waals surface area contributed by atoms with E-state index in [9.17, 15) is 4.79 Å². The van der Waals surface area contributed by atoms with Crippen molar-refractivity contribution >= 4 is 17.0 Å². The van der Waals surface area contributed by atoms with Crippen LogP contribution < -0.4 is 0 Å². The Morgan fingerprint density at radius 2 is 2.33 bits per heavy atom. The van der Waals surface area contributed by atoms with Crippen molar-refractivity contribution in [3.05, 3.63) is 42.3 Å². The number of hydrogen-bond acceptors (Lipinski definition) is 5. The Labute approximate surface area is 139 Å². The molecule has 124 valence electrons. The van der Waals surface area contributed by atoms with Crippen LogP contribution in [0.15, 0.2) is 35.3 Å². The monoisotopic (exact) mass is 325 g/mol. The summed E-state index contributed by atoms with van der Waals surface area (Å²) in [5, 5.41) is 4.16. The second kappa shape index (κ2) is 6.07. The van der Waals surface area contributed by atoms with E-state index in [1.165, 1.54) is 0 Å². The molecule has 0 saturated carbocycles. The zero-order chi connectivity index (χ0) is 16.5. The SMILES string of the molecule is Cc1nc2c(C(=O)N3CCC[C@@H](Cn4cncn4)C3)cccc2o1. The highest BCUT2D eigenvalue weighted by atomic mass is 16.3. The molecule has 7 nitrogen and oxygen atoms in total. The lowest BCUT2D eigenvalue weighted by atomic mass is 9.97. The van der Waals surface area contributed by atoms with E-state index in [4.69, 9.17) is 4.42 Å². The quantitative estimate of drug-likeness (QED) is 0.738. The largest absolute Gasteiger partial charge is 0.441 e. The predicted molar refractivity (Wildman–Crippen MR) is 87.4 cm³/mol. The second-order valence-electron chi connectivity index (χ2n) is 6.26. The van der Waals surface area contributed by atoms with Crippen molar-refractivity contribution in [1.29, 1.82) is 0 Å². The highest BCUT2D eigenvalue weighted by molar-refractivity contribution is 6.04. The minimum absolute atomic E-state index is 0.0252. The lowest BCUT2D eigenvalue weighted by molar-refractivity contribution is 0.0661. The molecular weight excluding hydrogens is 306 g/mol. The fourth-order valence-corrected chi connectivity index (χ4v) is 3.39. The molecule has 3 heterocycles. The van der Waals surface area contributed by atoms with E-state index in [0.29, 0.717) is 28.5 Å². The van der Waals surface area contributed by atoms with Gasteiger partial charge in [-0.1, -0.05) is 6.07 Å². The molecule has 1 aliphatic rings. The Morgan fingerprint density at radius 1 is 1.42 bits per heavy atom. The van der Waals surface area contributed by atoms with Gasteiger partial charge in [0.15, 0.2) is 11.5 Å². The zero-order valence-corrected chi connectivity index (χ0v) is 13.6. The summed E-state index contributed by atoms with van der Waals surface area (Å²) in [7, 11) is 0. The van der Waals surface area contributed by atoms with Crippen molar-refractivity contribution in [3.63, 3.8) is 0 Å². The van der Waals surface area contributed by atoms with Gasteiger partial charge >= 0.3 is 0 Å². The van der Waals surface area contributed by atoms with Crippen molar-refractivity contribution in [2.45, 2.75) is 26.3 Å². The van der Waals surface area contributed by atoms with E-state index < -0.39 is 0 Å². The molecule has 24 heavy (non-hydrogen) atoms. The van der Waals surface area contributed by atoms with Crippen LogP contribution in [0.2, 0.25) is 0 Å². The number of aromatic nitrogens is 4. The Hall–Kier alpha value is -2.70. The Bertz CT molecular complexity index is 855. The topological polar surface area (TPSA) is 77.1 Å². The van der Waals surface area contributed by atoms with Gasteiger partial charge in [0.05, 0.1) is 5.56 Å². The molecule has 1 aliphatic heterocycles. The fourth-order valence-electron chi connectivity index (χ4n) is 3.39. The van der Waals surface area contributed by atoms with E-state index in [2.05, 4.69) is 15.1 Å². The summed E-state index contributed by atoms with van der Waals surface area (Å²) in [5.74, 6) is 0.993. The van der Waals surface area contributed by atoms with Crippen LogP contribution in [0.5, 0.6) is 0 Å². The molecule has 0 unspecified atom stereocenters. The smallest absolute Gasteiger partial charge is 0.256 e. The number of carbonyl (C=O) groups excluding carboxylic acids is 1. The molecule has 0 bridgehead atoms. The summed E-state index contributed by atoms with van der Waals surface area (Å²) in [6.45, 7) is 4.09. The van der Waals surface area contributed by atoms with Gasteiger partial charge in [-0.15, -0.1) is 0 Å². The first-order chi connectivity index (χ1) is 11.7. The summed E-state index contributed by atoms with van der Waals surface area (Å²) < 4.78 is 7.37. The van der Waals surface area contributed by atoms with Crippen molar-refractivity contribution in [2.75, 3.05) is 13.1 Å². The average molecular weight is 325 g/mol. The van der Waals surface area contributed by atoms with Crippen LogP contribution in [-0.4, -0.2) is 43.6 Å². The van der Waals surface area contributed by atoms with Crippen molar-refractivity contribution in [2.24, 2.45) is 5.92 Å². The average Bonchev–Trinajstić information content (AvgIpc) is 3.22. The minimum Gasteiger partial charge on any atom is -0.441 e. The van der Waals surface area contributed by atoms with Crippen LogP contribution in [0.25, 0.3) is 11.1 Å². The molecule has 4 rings (SSSR count). The maximum Gasteiger partial charge on any atom is 0.256 e. The molecule has 0 N–H and O–H groups in total. The molecule has 0 spiro atoms. The van der Waals surface area contributed by atoms with Gasteiger partial charge in [-0.2, -0.15) is 5.10 Å². The van der Waals surface area contributed by atoms with Gasteiger partial charge in [-0.3, -0.25) is 9.48 Å². The van der Waals surface area contributed by atoms with Gasteiger partial charge in [0.2, 0.25) is 0 Å². The molecule has 7 heteroatoms. The summed E-state index contributed by atoms with van der Waals surface area (Å²) in [4.78, 5) is 23.3. The lowest BCUT2D eigenvalue weighted by Crippen LogP contribution is -2.41. The summed E-state index contributed by atoms with van der Waals surface area (Å²) in [6, 6.07) is 5.51. The van der Waals surface area contributed by atoms with Crippen LogP contribution in [-0.2, 0) is 6.54 Å². The van der Waals surface area contributed by atoms with Crippen molar-refractivity contribution in [3.8, 4) is 0 Å². The van der Waals surface area contributed by atoms with Crippen molar-refractivity contribution < 1.29 is 9.21 Å².